The Kier molecular flexibility index (Phi) is 6.04. The number of carbonyl (C=O) groups excluding carboxylic acids is 2. The summed E-state index contributed by atoms with van der Waals surface area (Å²) >= 11 is 2.63. The third-order valence-electron chi connectivity index (χ3n) is 5.38. The number of rotatable bonds is 6. The van der Waals surface area contributed by atoms with Crippen LogP contribution in [0.2, 0.25) is 0 Å². The van der Waals surface area contributed by atoms with E-state index in [1.54, 1.807) is 24.3 Å². The molecule has 3 heterocycles. The highest BCUT2D eigenvalue weighted by Crippen LogP contribution is 2.33. The molecule has 0 saturated heterocycles. The normalized spacial score (nSPS) is 12.9. The van der Waals surface area contributed by atoms with Crippen LogP contribution in [0.1, 0.15) is 0 Å². The second kappa shape index (κ2) is 9.28. The van der Waals surface area contributed by atoms with Crippen LogP contribution in [0.3, 0.4) is 0 Å². The van der Waals surface area contributed by atoms with Crippen molar-refractivity contribution in [3.8, 4) is 10.4 Å². The number of benzene rings is 2. The highest BCUT2D eigenvalue weighted by molar-refractivity contribution is 7.99. The molecule has 1 aliphatic rings. The fourth-order valence-electron chi connectivity index (χ4n) is 3.80. The van der Waals surface area contributed by atoms with Gasteiger partial charge in [-0.3, -0.25) is 19.0 Å². The molecule has 5 rings (SSSR count). The first kappa shape index (κ1) is 22.1. The van der Waals surface area contributed by atoms with Gasteiger partial charge in [0.15, 0.2) is 5.16 Å². The molecule has 0 aliphatic carbocycles. The lowest BCUT2D eigenvalue weighted by atomic mass is 10.2. The van der Waals surface area contributed by atoms with E-state index in [2.05, 4.69) is 11.9 Å². The Morgan fingerprint density at radius 3 is 2.71 bits per heavy atom. The number of nitrogens with one attached hydrogen (secondary N) is 1. The fraction of sp³-hybridized carbons (Fsp3) is 0.120. The Balaban J connectivity index is 1.46. The summed E-state index contributed by atoms with van der Waals surface area (Å²) in [5.74, 6) is -0.441. The van der Waals surface area contributed by atoms with Crippen molar-refractivity contribution in [2.45, 2.75) is 11.7 Å². The second-order valence-electron chi connectivity index (χ2n) is 7.63. The molecule has 0 spiro atoms. The molecule has 34 heavy (non-hydrogen) atoms. The van der Waals surface area contributed by atoms with Gasteiger partial charge >= 0.3 is 0 Å². The van der Waals surface area contributed by atoms with Crippen molar-refractivity contribution in [3.05, 3.63) is 83.7 Å². The predicted molar refractivity (Wildman–Crippen MR) is 138 cm³/mol. The van der Waals surface area contributed by atoms with Crippen LogP contribution in [-0.4, -0.2) is 33.7 Å². The van der Waals surface area contributed by atoms with Gasteiger partial charge in [0.2, 0.25) is 11.8 Å². The van der Waals surface area contributed by atoms with Crippen LogP contribution < -0.4 is 15.8 Å². The molecule has 7 nitrogen and oxygen atoms in total. The average molecular weight is 489 g/mol. The van der Waals surface area contributed by atoms with E-state index in [0.29, 0.717) is 26.7 Å². The van der Waals surface area contributed by atoms with Crippen LogP contribution >= 0.6 is 23.1 Å². The maximum atomic E-state index is 13.3. The van der Waals surface area contributed by atoms with Gasteiger partial charge in [0.1, 0.15) is 11.4 Å². The van der Waals surface area contributed by atoms with Crippen molar-refractivity contribution in [2.75, 3.05) is 22.5 Å². The molecule has 2 aromatic carbocycles. The zero-order chi connectivity index (χ0) is 23.7. The quantitative estimate of drug-likeness (QED) is 0.247. The zero-order valence-electron chi connectivity index (χ0n) is 18.1. The van der Waals surface area contributed by atoms with Crippen LogP contribution in [0.5, 0.6) is 0 Å². The first-order valence-corrected chi connectivity index (χ1v) is 12.4. The average Bonchev–Trinajstić information content (AvgIpc) is 3.29. The Morgan fingerprint density at radius 1 is 1.15 bits per heavy atom. The van der Waals surface area contributed by atoms with Gasteiger partial charge in [-0.1, -0.05) is 60.3 Å². The molecule has 1 aliphatic heterocycles. The second-order valence-corrected chi connectivity index (χ2v) is 9.60. The largest absolute Gasteiger partial charge is 0.323 e. The SMILES string of the molecule is C=CCn1c(SCC(=O)N2CC(=O)Nc3ccccc32)nc2sc(-c3ccccc3)cc2c1=O. The summed E-state index contributed by atoms with van der Waals surface area (Å²) in [6, 6.07) is 18.9. The van der Waals surface area contributed by atoms with Crippen LogP contribution in [0.25, 0.3) is 20.7 Å². The standard InChI is InChI=1S/C25H20N4O3S2/c1-2-12-28-24(32)17-13-20(16-8-4-3-5-9-16)34-23(17)27-25(28)33-15-22(31)29-14-21(30)26-18-10-6-7-11-19(18)29/h2-11,13H,1,12,14-15H2,(H,26,30). The first-order valence-electron chi connectivity index (χ1n) is 10.6. The van der Waals surface area contributed by atoms with Crippen molar-refractivity contribution < 1.29 is 9.59 Å². The van der Waals surface area contributed by atoms with Crippen LogP contribution in [0.15, 0.2) is 83.3 Å². The number of thiophene rings is 1. The van der Waals surface area contributed by atoms with Gasteiger partial charge in [-0.05, 0) is 23.8 Å². The smallest absolute Gasteiger partial charge is 0.263 e. The van der Waals surface area contributed by atoms with Crippen LogP contribution in [0, 0.1) is 0 Å². The molecule has 2 amide bonds. The molecule has 0 saturated carbocycles. The molecule has 1 N–H and O–H groups in total. The first-order chi connectivity index (χ1) is 16.5. The lowest BCUT2D eigenvalue weighted by Crippen LogP contribution is -2.43. The molecular formula is C25H20N4O3S2. The lowest BCUT2D eigenvalue weighted by Gasteiger charge is -2.29. The molecule has 0 bridgehead atoms. The van der Waals surface area contributed by atoms with E-state index < -0.39 is 0 Å². The number of fused-ring (bicyclic) bond motifs is 2. The van der Waals surface area contributed by atoms with E-state index in [4.69, 9.17) is 4.98 Å². The van der Waals surface area contributed by atoms with Crippen LogP contribution in [0.4, 0.5) is 11.4 Å². The van der Waals surface area contributed by atoms with Gasteiger partial charge in [-0.25, -0.2) is 4.98 Å². The Hall–Kier alpha value is -3.69. The summed E-state index contributed by atoms with van der Waals surface area (Å²) in [7, 11) is 0. The number of nitrogens with zero attached hydrogens (tertiary/aromatic N) is 3. The summed E-state index contributed by atoms with van der Waals surface area (Å²) in [5.41, 5.74) is 2.12. The number of aromatic nitrogens is 2. The van der Waals surface area contributed by atoms with E-state index in [1.807, 2.05) is 42.5 Å². The maximum Gasteiger partial charge on any atom is 0.263 e. The third-order valence-corrected chi connectivity index (χ3v) is 7.42. The number of thioether (sulfide) groups is 1. The monoisotopic (exact) mass is 488 g/mol. The lowest BCUT2D eigenvalue weighted by molar-refractivity contribution is -0.120. The summed E-state index contributed by atoms with van der Waals surface area (Å²) in [4.78, 5) is 46.2. The minimum absolute atomic E-state index is 0.0353. The summed E-state index contributed by atoms with van der Waals surface area (Å²) < 4.78 is 1.53. The molecule has 170 valence electrons. The van der Waals surface area contributed by atoms with Gasteiger partial charge in [-0.15, -0.1) is 17.9 Å². The van der Waals surface area contributed by atoms with Gasteiger partial charge in [0.05, 0.1) is 22.5 Å². The van der Waals surface area contributed by atoms with E-state index in [0.717, 1.165) is 10.4 Å². The predicted octanol–water partition coefficient (Wildman–Crippen LogP) is 4.39. The number of carbonyl (C=O) groups is 2. The van der Waals surface area contributed by atoms with Crippen molar-refractivity contribution in [1.82, 2.24) is 9.55 Å². The summed E-state index contributed by atoms with van der Waals surface area (Å²) in [5, 5.41) is 3.77. The van der Waals surface area contributed by atoms with E-state index in [9.17, 15) is 14.4 Å². The number of anilines is 2. The van der Waals surface area contributed by atoms with Gasteiger partial charge in [0.25, 0.3) is 5.56 Å². The third kappa shape index (κ3) is 4.15. The van der Waals surface area contributed by atoms with E-state index >= 15 is 0 Å². The van der Waals surface area contributed by atoms with Gasteiger partial charge in [-0.2, -0.15) is 0 Å². The molecule has 0 radical (unpaired) electrons. The van der Waals surface area contributed by atoms with Crippen LogP contribution in [-0.2, 0) is 16.1 Å². The zero-order valence-corrected chi connectivity index (χ0v) is 19.7. The maximum absolute atomic E-state index is 13.3. The number of amides is 2. The molecule has 0 unspecified atom stereocenters. The number of allylic oxidation sites excluding steroid dienone is 1. The fourth-order valence-corrected chi connectivity index (χ4v) is 5.76. The Bertz CT molecular complexity index is 1480. The van der Waals surface area contributed by atoms with Crippen molar-refractivity contribution in [3.63, 3.8) is 0 Å². The summed E-state index contributed by atoms with van der Waals surface area (Å²) in [6.07, 6.45) is 1.64. The molecule has 0 fully saturated rings. The summed E-state index contributed by atoms with van der Waals surface area (Å²) in [6.45, 7) is 3.99. The number of hydrogen-bond donors (Lipinski definition) is 1. The van der Waals surface area contributed by atoms with E-state index in [1.165, 1.54) is 32.6 Å². The minimum Gasteiger partial charge on any atom is -0.323 e. The minimum atomic E-state index is -0.243. The van der Waals surface area contributed by atoms with E-state index in [-0.39, 0.29) is 36.2 Å². The Morgan fingerprint density at radius 2 is 1.91 bits per heavy atom. The molecule has 2 aromatic heterocycles. The van der Waals surface area contributed by atoms with Crippen molar-refractivity contribution in [2.24, 2.45) is 0 Å². The number of hydrogen-bond acceptors (Lipinski definition) is 6. The number of para-hydroxylation sites is 2. The molecule has 4 aromatic rings. The van der Waals surface area contributed by atoms with Crippen molar-refractivity contribution >= 4 is 56.5 Å². The van der Waals surface area contributed by atoms with Gasteiger partial charge < -0.3 is 10.2 Å². The highest BCUT2D eigenvalue weighted by atomic mass is 32.2. The van der Waals surface area contributed by atoms with Gasteiger partial charge in [0, 0.05) is 11.4 Å². The topological polar surface area (TPSA) is 84.3 Å². The highest BCUT2D eigenvalue weighted by Gasteiger charge is 2.27. The molecular weight excluding hydrogens is 468 g/mol. The Labute approximate surface area is 203 Å². The van der Waals surface area contributed by atoms with Crippen molar-refractivity contribution in [1.29, 1.82) is 0 Å². The molecule has 9 heteroatoms. The molecule has 0 atom stereocenters.